The van der Waals surface area contributed by atoms with Gasteiger partial charge in [0.25, 0.3) is 0 Å². The zero-order chi connectivity index (χ0) is 37.9. The topological polar surface area (TPSA) is 19.7 Å². The Kier molecular flexibility index (Phi) is 6.53. The Morgan fingerprint density at radius 2 is 0.707 bits per heavy atom. The first-order valence-corrected chi connectivity index (χ1v) is 20.3. The van der Waals surface area contributed by atoms with E-state index in [0.29, 0.717) is 0 Å². The second-order valence-electron chi connectivity index (χ2n) is 15.7. The molecule has 0 amide bonds. The van der Waals surface area contributed by atoms with Crippen molar-refractivity contribution in [2.75, 3.05) is 0 Å². The van der Waals surface area contributed by atoms with Crippen LogP contribution in [0, 0.1) is 0 Å². The van der Waals surface area contributed by atoms with Gasteiger partial charge in [-0.05, 0) is 104 Å². The Morgan fingerprint density at radius 3 is 1.22 bits per heavy atom. The fraction of sp³-hybridized carbons (Fsp3) is 0.0370. The highest BCUT2D eigenvalue weighted by Gasteiger charge is 2.22. The van der Waals surface area contributed by atoms with Crippen LogP contribution in [0.15, 0.2) is 194 Å². The summed E-state index contributed by atoms with van der Waals surface area (Å²) >= 11 is 0. The summed E-state index contributed by atoms with van der Waals surface area (Å²) < 4.78 is 9.86. The van der Waals surface area contributed by atoms with Gasteiger partial charge in [0.1, 0.15) is 0 Å². The molecular weight excluding hydrogens is 705 g/mol. The van der Waals surface area contributed by atoms with E-state index in [1.807, 2.05) is 0 Å². The number of aromatic nitrogens is 4. The van der Waals surface area contributed by atoms with Gasteiger partial charge in [0.05, 0.1) is 44.1 Å². The fourth-order valence-electron chi connectivity index (χ4n) is 10.1. The number of rotatable bonds is 4. The minimum atomic E-state index is 1.02. The van der Waals surface area contributed by atoms with Crippen molar-refractivity contribution in [3.05, 3.63) is 194 Å². The molecule has 0 atom stereocenters. The Morgan fingerprint density at radius 1 is 0.293 bits per heavy atom. The minimum absolute atomic E-state index is 1.02. The van der Waals surface area contributed by atoms with Crippen LogP contribution in [-0.2, 0) is 0 Å². The third-order valence-corrected chi connectivity index (χ3v) is 12.6. The number of nitrogens with zero attached hydrogens (tertiary/aromatic N) is 4. The van der Waals surface area contributed by atoms with Crippen molar-refractivity contribution in [1.82, 2.24) is 18.3 Å². The third-order valence-electron chi connectivity index (χ3n) is 12.6. The number of hydrogen-bond donors (Lipinski definition) is 0. The van der Waals surface area contributed by atoms with Crippen LogP contribution in [0.3, 0.4) is 0 Å². The lowest BCUT2D eigenvalue weighted by atomic mass is 10.1. The van der Waals surface area contributed by atoms with Crippen LogP contribution in [0.2, 0.25) is 0 Å². The molecule has 0 spiro atoms. The molecule has 0 saturated heterocycles. The molecular formula is C54H36N4. The minimum Gasteiger partial charge on any atom is -0.313 e. The second kappa shape index (κ2) is 12.0. The van der Waals surface area contributed by atoms with Crippen LogP contribution in [-0.4, -0.2) is 18.3 Å². The Labute approximate surface area is 334 Å². The van der Waals surface area contributed by atoms with Crippen LogP contribution < -0.4 is 0 Å². The Balaban J connectivity index is 1.14. The van der Waals surface area contributed by atoms with Gasteiger partial charge >= 0.3 is 0 Å². The van der Waals surface area contributed by atoms with Crippen molar-refractivity contribution in [1.29, 1.82) is 0 Å². The van der Waals surface area contributed by atoms with E-state index in [-0.39, 0.29) is 0 Å². The Hall–Kier alpha value is -7.56. The zero-order valence-electron chi connectivity index (χ0n) is 31.7. The normalized spacial score (nSPS) is 13.4. The second-order valence-corrected chi connectivity index (χ2v) is 15.7. The highest BCUT2D eigenvalue weighted by molar-refractivity contribution is 6.21. The first-order valence-electron chi connectivity index (χ1n) is 20.3. The third kappa shape index (κ3) is 4.34. The molecule has 0 saturated carbocycles. The predicted octanol–water partition coefficient (Wildman–Crippen LogP) is 14.3. The number of para-hydroxylation sites is 5. The van der Waals surface area contributed by atoms with Gasteiger partial charge in [0.15, 0.2) is 0 Å². The standard InChI is InChI=1S/C54H36N4/c1-4-16-35(17-5-1)55-47-25-13-10-22-39(47)43-31-44-41-24-12-15-27-49(41)58(53(44)33-51(43)55)38-28-29-50-42(30-38)46-32-45-40-23-11-14-26-48(40)56(36-18-6-2-7-19-36)52(45)34-54(46)57(50)37-20-8-3-9-21-37/h1-6,8-18,20-34H,7,19H2. The van der Waals surface area contributed by atoms with Crippen molar-refractivity contribution >= 4 is 92.9 Å². The molecule has 0 aliphatic heterocycles. The van der Waals surface area contributed by atoms with Crippen LogP contribution >= 0.6 is 0 Å². The van der Waals surface area contributed by atoms with Gasteiger partial charge in [-0.3, -0.25) is 0 Å². The molecule has 1 aliphatic rings. The average molecular weight is 741 g/mol. The fourth-order valence-corrected chi connectivity index (χ4v) is 10.1. The van der Waals surface area contributed by atoms with E-state index < -0.39 is 0 Å². The first-order chi connectivity index (χ1) is 28.8. The van der Waals surface area contributed by atoms with Crippen molar-refractivity contribution in [2.45, 2.75) is 12.8 Å². The predicted molar refractivity (Wildman–Crippen MR) is 245 cm³/mol. The highest BCUT2D eigenvalue weighted by Crippen LogP contribution is 2.43. The maximum absolute atomic E-state index is 2.50. The monoisotopic (exact) mass is 740 g/mol. The molecule has 1 aliphatic carbocycles. The molecule has 4 aromatic heterocycles. The van der Waals surface area contributed by atoms with E-state index >= 15 is 0 Å². The van der Waals surface area contributed by atoms with E-state index in [0.717, 1.165) is 29.9 Å². The molecule has 272 valence electrons. The highest BCUT2D eigenvalue weighted by atomic mass is 15.0. The van der Waals surface area contributed by atoms with Crippen LogP contribution in [0.25, 0.3) is 110 Å². The quantitative estimate of drug-likeness (QED) is 0.171. The van der Waals surface area contributed by atoms with Gasteiger partial charge in [0.2, 0.25) is 0 Å². The summed E-state index contributed by atoms with van der Waals surface area (Å²) in [7, 11) is 0. The van der Waals surface area contributed by atoms with Crippen molar-refractivity contribution in [2.24, 2.45) is 0 Å². The van der Waals surface area contributed by atoms with Crippen LogP contribution in [0.1, 0.15) is 12.8 Å². The summed E-state index contributed by atoms with van der Waals surface area (Å²) in [5.74, 6) is 0. The number of fused-ring (bicyclic) bond motifs is 12. The lowest BCUT2D eigenvalue weighted by Crippen LogP contribution is -1.99. The SMILES string of the molecule is C1=CCCC(n2c3ccccc3c3cc4c5cc(-n6c7ccccc7c7cc8c9ccccc9n(-c9ccccc9)c8cc76)ccc5n(-c5ccccc5)c4cc32)=C1. The molecule has 0 radical (unpaired) electrons. The number of benzene rings is 8. The zero-order valence-corrected chi connectivity index (χ0v) is 31.7. The van der Waals surface area contributed by atoms with Gasteiger partial charge in [-0.25, -0.2) is 0 Å². The Bertz CT molecular complexity index is 3720. The molecule has 0 bridgehead atoms. The van der Waals surface area contributed by atoms with Crippen molar-refractivity contribution < 1.29 is 0 Å². The molecule has 0 N–H and O–H groups in total. The maximum Gasteiger partial charge on any atom is 0.0562 e. The number of allylic oxidation sites excluding steroid dienone is 4. The first kappa shape index (κ1) is 31.6. The smallest absolute Gasteiger partial charge is 0.0562 e. The molecule has 0 fully saturated rings. The van der Waals surface area contributed by atoms with Gasteiger partial charge in [-0.1, -0.05) is 103 Å². The molecule has 0 unspecified atom stereocenters. The molecule has 8 aromatic carbocycles. The molecule has 58 heavy (non-hydrogen) atoms. The molecule has 12 aromatic rings. The van der Waals surface area contributed by atoms with E-state index in [2.05, 4.69) is 212 Å². The molecule has 4 heterocycles. The van der Waals surface area contributed by atoms with Gasteiger partial charge < -0.3 is 18.3 Å². The van der Waals surface area contributed by atoms with Crippen molar-refractivity contribution in [3.8, 4) is 17.1 Å². The molecule has 4 nitrogen and oxygen atoms in total. The summed E-state index contributed by atoms with van der Waals surface area (Å²) in [4.78, 5) is 0. The average Bonchev–Trinajstić information content (AvgIpc) is 4.00. The summed E-state index contributed by atoms with van der Waals surface area (Å²) in [6, 6.07) is 65.0. The van der Waals surface area contributed by atoms with Crippen molar-refractivity contribution in [3.63, 3.8) is 0 Å². The summed E-state index contributed by atoms with van der Waals surface area (Å²) in [5, 5.41) is 10.1. The summed E-state index contributed by atoms with van der Waals surface area (Å²) in [5.41, 5.74) is 14.5. The van der Waals surface area contributed by atoms with E-state index in [4.69, 9.17) is 0 Å². The van der Waals surface area contributed by atoms with E-state index in [1.165, 1.54) is 92.9 Å². The largest absolute Gasteiger partial charge is 0.313 e. The lowest BCUT2D eigenvalue weighted by Gasteiger charge is -2.14. The maximum atomic E-state index is 2.50. The summed E-state index contributed by atoms with van der Waals surface area (Å²) in [6.45, 7) is 0. The lowest BCUT2D eigenvalue weighted by molar-refractivity contribution is 0.979. The van der Waals surface area contributed by atoms with Crippen LogP contribution in [0.4, 0.5) is 0 Å². The van der Waals surface area contributed by atoms with Crippen LogP contribution in [0.5, 0.6) is 0 Å². The van der Waals surface area contributed by atoms with E-state index in [9.17, 15) is 0 Å². The molecule has 13 rings (SSSR count). The van der Waals surface area contributed by atoms with Gasteiger partial charge in [-0.15, -0.1) is 0 Å². The molecule has 4 heteroatoms. The van der Waals surface area contributed by atoms with E-state index in [1.54, 1.807) is 0 Å². The summed E-state index contributed by atoms with van der Waals surface area (Å²) in [6.07, 6.45) is 8.84. The number of hydrogen-bond acceptors (Lipinski definition) is 0. The van der Waals surface area contributed by atoms with Gasteiger partial charge in [0, 0.05) is 65.8 Å². The van der Waals surface area contributed by atoms with Gasteiger partial charge in [-0.2, -0.15) is 0 Å².